The number of fused-ring (bicyclic) bond motifs is 1. The van der Waals surface area contributed by atoms with Gasteiger partial charge in [-0.25, -0.2) is 9.18 Å². The van der Waals surface area contributed by atoms with Crippen LogP contribution in [0.15, 0.2) is 0 Å². The molecule has 2 aliphatic rings. The first-order valence-electron chi connectivity index (χ1n) is 4.20. The Morgan fingerprint density at radius 3 is 2.92 bits per heavy atom. The number of methoxy groups -OCH3 is 1. The summed E-state index contributed by atoms with van der Waals surface area (Å²) in [6.07, 6.45) is -2.46. The van der Waals surface area contributed by atoms with Crippen LogP contribution in [-0.4, -0.2) is 42.7 Å². The maximum absolute atomic E-state index is 13.3. The molecule has 74 valence electrons. The number of hydrogen-bond acceptors (Lipinski definition) is 4. The van der Waals surface area contributed by atoms with Crippen LogP contribution in [0.4, 0.5) is 4.39 Å². The number of hydrogen-bond donors (Lipinski definition) is 1. The highest BCUT2D eigenvalue weighted by Gasteiger charge is 2.59. The summed E-state index contributed by atoms with van der Waals surface area (Å²) in [5.41, 5.74) is 0. The second-order valence-corrected chi connectivity index (χ2v) is 3.44. The quantitative estimate of drug-likeness (QED) is 0.477. The van der Waals surface area contributed by atoms with E-state index in [0.29, 0.717) is 6.42 Å². The second kappa shape index (κ2) is 2.92. The third-order valence-electron chi connectivity index (χ3n) is 2.68. The molecule has 0 spiro atoms. The number of carbonyl (C=O) groups is 1. The number of ether oxygens (including phenoxy) is 2. The second-order valence-electron chi connectivity index (χ2n) is 3.44. The Kier molecular flexibility index (Phi) is 2.00. The van der Waals surface area contributed by atoms with Crippen LogP contribution < -0.4 is 0 Å². The van der Waals surface area contributed by atoms with Gasteiger partial charge in [-0.1, -0.05) is 0 Å². The molecule has 0 amide bonds. The van der Waals surface area contributed by atoms with Crippen molar-refractivity contribution in [2.45, 2.75) is 30.9 Å². The van der Waals surface area contributed by atoms with Crippen molar-refractivity contribution in [2.24, 2.45) is 5.92 Å². The van der Waals surface area contributed by atoms with Gasteiger partial charge in [0, 0.05) is 6.42 Å². The van der Waals surface area contributed by atoms with Crippen LogP contribution >= 0.6 is 0 Å². The predicted molar refractivity (Wildman–Crippen MR) is 39.7 cm³/mol. The zero-order valence-corrected chi connectivity index (χ0v) is 7.14. The van der Waals surface area contributed by atoms with Crippen molar-refractivity contribution < 1.29 is 23.8 Å². The number of rotatable bonds is 2. The zero-order valence-electron chi connectivity index (χ0n) is 7.14. The van der Waals surface area contributed by atoms with E-state index in [1.807, 2.05) is 0 Å². The summed E-state index contributed by atoms with van der Waals surface area (Å²) in [5, 5.41) is 9.38. The predicted octanol–water partition coefficient (Wildman–Crippen LogP) is -0.354. The normalized spacial score (nSPS) is 43.9. The maximum atomic E-state index is 13.3. The minimum atomic E-state index is -1.77. The molecule has 1 aliphatic heterocycles. The largest absolute Gasteiger partial charge is 0.467 e. The smallest absolute Gasteiger partial charge is 0.340 e. The Bertz CT molecular complexity index is 230. The van der Waals surface area contributed by atoms with E-state index in [1.165, 1.54) is 0 Å². The number of esters is 1. The monoisotopic (exact) mass is 190 g/mol. The maximum Gasteiger partial charge on any atom is 0.340 e. The molecule has 1 N–H and O–H groups in total. The van der Waals surface area contributed by atoms with Gasteiger partial charge in [-0.2, -0.15) is 0 Å². The van der Waals surface area contributed by atoms with E-state index in [9.17, 15) is 14.3 Å². The Labute approximate surface area is 74.6 Å². The van der Waals surface area contributed by atoms with Crippen molar-refractivity contribution in [3.05, 3.63) is 0 Å². The Hall–Kier alpha value is -0.680. The lowest BCUT2D eigenvalue weighted by Gasteiger charge is -2.18. The lowest BCUT2D eigenvalue weighted by Crippen LogP contribution is -2.35. The molecular formula is C8H11FO4. The summed E-state index contributed by atoms with van der Waals surface area (Å²) < 4.78 is 22.6. The first-order valence-corrected chi connectivity index (χ1v) is 4.20. The summed E-state index contributed by atoms with van der Waals surface area (Å²) in [4.78, 5) is 10.8. The van der Waals surface area contributed by atoms with Gasteiger partial charge < -0.3 is 14.6 Å². The van der Waals surface area contributed by atoms with E-state index in [0.717, 1.165) is 7.11 Å². The Morgan fingerprint density at radius 2 is 2.46 bits per heavy atom. The molecule has 0 aromatic rings. The van der Waals surface area contributed by atoms with E-state index in [1.54, 1.807) is 0 Å². The fourth-order valence-corrected chi connectivity index (χ4v) is 1.93. The zero-order chi connectivity index (χ0) is 9.59. The molecule has 0 aromatic heterocycles. The first-order chi connectivity index (χ1) is 6.15. The number of aliphatic hydroxyl groups excluding tert-OH is 1. The molecule has 1 aliphatic carbocycles. The van der Waals surface area contributed by atoms with Crippen LogP contribution in [0.5, 0.6) is 0 Å². The fraction of sp³-hybridized carbons (Fsp3) is 0.875. The SMILES string of the molecule is COC(=O)C(F)[C@@H]1C(O)CC2OC21. The van der Waals surface area contributed by atoms with E-state index in [4.69, 9.17) is 4.74 Å². The van der Waals surface area contributed by atoms with E-state index >= 15 is 0 Å². The Morgan fingerprint density at radius 1 is 1.77 bits per heavy atom. The van der Waals surface area contributed by atoms with Crippen LogP contribution in [0.2, 0.25) is 0 Å². The summed E-state index contributed by atoms with van der Waals surface area (Å²) in [6, 6.07) is 0. The van der Waals surface area contributed by atoms with Crippen molar-refractivity contribution in [3.8, 4) is 0 Å². The molecule has 13 heavy (non-hydrogen) atoms. The summed E-state index contributed by atoms with van der Waals surface area (Å²) >= 11 is 0. The summed E-state index contributed by atoms with van der Waals surface area (Å²) in [6.45, 7) is 0. The topological polar surface area (TPSA) is 59.1 Å². The van der Waals surface area contributed by atoms with Gasteiger partial charge in [0.25, 0.3) is 0 Å². The van der Waals surface area contributed by atoms with Crippen LogP contribution in [0.25, 0.3) is 0 Å². The van der Waals surface area contributed by atoms with Crippen molar-refractivity contribution in [1.29, 1.82) is 0 Å². The van der Waals surface area contributed by atoms with Crippen LogP contribution in [0.1, 0.15) is 6.42 Å². The molecule has 5 atom stereocenters. The molecule has 1 saturated heterocycles. The standard InChI is InChI=1S/C8H11FO4/c1-12-8(11)6(9)5-3(10)2-4-7(5)13-4/h3-7,10H,2H2,1H3/t3?,4?,5-,6?,7?/m0/s1. The molecule has 1 saturated carbocycles. The lowest BCUT2D eigenvalue weighted by atomic mass is 9.99. The molecule has 0 radical (unpaired) electrons. The molecule has 2 rings (SSSR count). The number of alkyl halides is 1. The highest BCUT2D eigenvalue weighted by Crippen LogP contribution is 2.45. The van der Waals surface area contributed by atoms with Gasteiger partial charge in [-0.15, -0.1) is 0 Å². The van der Waals surface area contributed by atoms with Crippen molar-refractivity contribution in [3.63, 3.8) is 0 Å². The minimum absolute atomic E-state index is 0.0529. The highest BCUT2D eigenvalue weighted by molar-refractivity contribution is 5.75. The van der Waals surface area contributed by atoms with Gasteiger partial charge in [-0.05, 0) is 0 Å². The minimum Gasteiger partial charge on any atom is -0.467 e. The molecule has 2 fully saturated rings. The van der Waals surface area contributed by atoms with Gasteiger partial charge in [-0.3, -0.25) is 0 Å². The average Bonchev–Trinajstić information content (AvgIpc) is 2.76. The van der Waals surface area contributed by atoms with Crippen LogP contribution in [0.3, 0.4) is 0 Å². The highest BCUT2D eigenvalue weighted by atomic mass is 19.1. The van der Waals surface area contributed by atoms with Gasteiger partial charge in [0.05, 0.1) is 31.3 Å². The third kappa shape index (κ3) is 1.32. The van der Waals surface area contributed by atoms with Gasteiger partial charge >= 0.3 is 5.97 Å². The first kappa shape index (κ1) is 8.90. The van der Waals surface area contributed by atoms with E-state index in [-0.39, 0.29) is 12.2 Å². The molecule has 0 aromatic carbocycles. The van der Waals surface area contributed by atoms with Crippen LogP contribution in [-0.2, 0) is 14.3 Å². The summed E-state index contributed by atoms with van der Waals surface area (Å²) in [5.74, 6) is -1.67. The molecule has 5 heteroatoms. The van der Waals surface area contributed by atoms with Gasteiger partial charge in [0.15, 0.2) is 0 Å². The van der Waals surface area contributed by atoms with Gasteiger partial charge in [0.2, 0.25) is 6.17 Å². The van der Waals surface area contributed by atoms with Crippen molar-refractivity contribution >= 4 is 5.97 Å². The molecular weight excluding hydrogens is 179 g/mol. The molecule has 1 heterocycles. The number of aliphatic hydroxyl groups is 1. The third-order valence-corrected chi connectivity index (χ3v) is 2.68. The number of halogens is 1. The molecule has 4 nitrogen and oxygen atoms in total. The summed E-state index contributed by atoms with van der Waals surface area (Å²) in [7, 11) is 1.13. The van der Waals surface area contributed by atoms with E-state index < -0.39 is 24.2 Å². The van der Waals surface area contributed by atoms with Crippen molar-refractivity contribution in [2.75, 3.05) is 7.11 Å². The number of carbonyl (C=O) groups excluding carboxylic acids is 1. The molecule has 0 bridgehead atoms. The average molecular weight is 190 g/mol. The van der Waals surface area contributed by atoms with Crippen molar-refractivity contribution in [1.82, 2.24) is 0 Å². The van der Waals surface area contributed by atoms with Gasteiger partial charge in [0.1, 0.15) is 0 Å². The molecule has 4 unspecified atom stereocenters. The lowest BCUT2D eigenvalue weighted by molar-refractivity contribution is -0.151. The Balaban J connectivity index is 2.02. The van der Waals surface area contributed by atoms with Crippen LogP contribution in [0, 0.1) is 5.92 Å². The fourth-order valence-electron chi connectivity index (χ4n) is 1.93. The number of epoxide rings is 1. The van der Waals surface area contributed by atoms with E-state index in [2.05, 4.69) is 4.74 Å².